The van der Waals surface area contributed by atoms with Gasteiger partial charge in [-0.25, -0.2) is 4.39 Å². The second-order valence-electron chi connectivity index (χ2n) is 3.90. The fraction of sp³-hybridized carbons (Fsp3) is 0.538. The lowest BCUT2D eigenvalue weighted by molar-refractivity contribution is 0.491. The highest BCUT2D eigenvalue weighted by molar-refractivity contribution is 6.31. The van der Waals surface area contributed by atoms with E-state index in [0.29, 0.717) is 0 Å². The van der Waals surface area contributed by atoms with E-state index < -0.39 is 0 Å². The molecule has 1 aromatic rings. The first-order chi connectivity index (χ1) is 7.70. The number of rotatable bonds is 6. The minimum absolute atomic E-state index is 0.160. The molecule has 0 aromatic heterocycles. The van der Waals surface area contributed by atoms with Crippen molar-refractivity contribution >= 4 is 11.6 Å². The quantitative estimate of drug-likeness (QED) is 0.785. The summed E-state index contributed by atoms with van der Waals surface area (Å²) in [7, 11) is 0. The molecule has 1 rings (SSSR count). The second kappa shape index (κ2) is 6.87. The van der Waals surface area contributed by atoms with Crippen LogP contribution in [0.5, 0.6) is 0 Å². The van der Waals surface area contributed by atoms with Crippen LogP contribution in [0, 0.1) is 5.82 Å². The van der Waals surface area contributed by atoms with Gasteiger partial charge in [0, 0.05) is 6.04 Å². The summed E-state index contributed by atoms with van der Waals surface area (Å²) in [5, 5.41) is 3.60. The minimum Gasteiger partial charge on any atom is -0.310 e. The SMILES string of the molecule is CCCCC(NCC)c1cccc(F)c1Cl. The molecule has 3 heteroatoms. The minimum atomic E-state index is -0.335. The molecule has 0 saturated heterocycles. The fourth-order valence-corrected chi connectivity index (χ4v) is 2.07. The third-order valence-electron chi connectivity index (χ3n) is 2.65. The number of benzene rings is 1. The largest absolute Gasteiger partial charge is 0.310 e. The molecular weight excluding hydrogens is 225 g/mol. The summed E-state index contributed by atoms with van der Waals surface area (Å²) in [6, 6.07) is 5.17. The second-order valence-corrected chi connectivity index (χ2v) is 4.27. The molecule has 1 aromatic carbocycles. The van der Waals surface area contributed by atoms with E-state index in [2.05, 4.69) is 12.2 Å². The molecule has 0 saturated carbocycles. The summed E-state index contributed by atoms with van der Waals surface area (Å²) in [5.74, 6) is -0.335. The Morgan fingerprint density at radius 1 is 1.38 bits per heavy atom. The standard InChI is InChI=1S/C13H19ClFN/c1-3-5-9-12(16-4-2)10-7-6-8-11(15)13(10)14/h6-8,12,16H,3-5,9H2,1-2H3. The number of nitrogens with one attached hydrogen (secondary N) is 1. The van der Waals surface area contributed by atoms with Gasteiger partial charge in [0.25, 0.3) is 0 Å². The van der Waals surface area contributed by atoms with Crippen molar-refractivity contribution in [1.82, 2.24) is 5.32 Å². The molecule has 0 radical (unpaired) electrons. The molecule has 90 valence electrons. The van der Waals surface area contributed by atoms with Gasteiger partial charge < -0.3 is 5.32 Å². The Morgan fingerprint density at radius 3 is 2.75 bits per heavy atom. The number of unbranched alkanes of at least 4 members (excludes halogenated alkanes) is 1. The lowest BCUT2D eigenvalue weighted by Crippen LogP contribution is -2.21. The van der Waals surface area contributed by atoms with E-state index in [1.807, 2.05) is 13.0 Å². The number of halogens is 2. The summed E-state index contributed by atoms with van der Waals surface area (Å²) < 4.78 is 13.3. The molecule has 0 heterocycles. The lowest BCUT2D eigenvalue weighted by Gasteiger charge is -2.19. The molecule has 1 nitrogen and oxygen atoms in total. The first kappa shape index (κ1) is 13.5. The Morgan fingerprint density at radius 2 is 2.12 bits per heavy atom. The molecule has 0 fully saturated rings. The lowest BCUT2D eigenvalue weighted by atomic mass is 10.0. The van der Waals surface area contributed by atoms with Crippen LogP contribution < -0.4 is 5.32 Å². The highest BCUT2D eigenvalue weighted by Gasteiger charge is 2.15. The Balaban J connectivity index is 2.86. The first-order valence-corrected chi connectivity index (χ1v) is 6.25. The van der Waals surface area contributed by atoms with E-state index in [0.717, 1.165) is 31.4 Å². The summed E-state index contributed by atoms with van der Waals surface area (Å²) in [5.41, 5.74) is 0.872. The predicted octanol–water partition coefficient (Wildman–Crippen LogP) is 4.32. The van der Waals surface area contributed by atoms with Crippen LogP contribution in [-0.2, 0) is 0 Å². The third-order valence-corrected chi connectivity index (χ3v) is 3.05. The molecule has 1 N–H and O–H groups in total. The molecular formula is C13H19ClFN. The molecule has 0 amide bonds. The van der Waals surface area contributed by atoms with Gasteiger partial charge in [-0.15, -0.1) is 0 Å². The molecule has 0 bridgehead atoms. The van der Waals surface area contributed by atoms with Crippen LogP contribution in [0.2, 0.25) is 5.02 Å². The summed E-state index contributed by atoms with van der Waals surface area (Å²) in [6.45, 7) is 5.06. The van der Waals surface area contributed by atoms with E-state index in [-0.39, 0.29) is 16.9 Å². The monoisotopic (exact) mass is 243 g/mol. The Hall–Kier alpha value is -0.600. The van der Waals surface area contributed by atoms with Crippen molar-refractivity contribution in [3.05, 3.63) is 34.6 Å². The van der Waals surface area contributed by atoms with Crippen LogP contribution in [0.25, 0.3) is 0 Å². The van der Waals surface area contributed by atoms with Crippen molar-refractivity contribution < 1.29 is 4.39 Å². The van der Waals surface area contributed by atoms with E-state index in [1.165, 1.54) is 6.07 Å². The maximum atomic E-state index is 13.3. The van der Waals surface area contributed by atoms with Crippen molar-refractivity contribution in [3.63, 3.8) is 0 Å². The molecule has 16 heavy (non-hydrogen) atoms. The first-order valence-electron chi connectivity index (χ1n) is 5.88. The van der Waals surface area contributed by atoms with Gasteiger partial charge >= 0.3 is 0 Å². The van der Waals surface area contributed by atoms with Crippen LogP contribution >= 0.6 is 11.6 Å². The average Bonchev–Trinajstić information content (AvgIpc) is 2.28. The van der Waals surface area contributed by atoms with Crippen LogP contribution in [0.4, 0.5) is 4.39 Å². The smallest absolute Gasteiger partial charge is 0.142 e. The van der Waals surface area contributed by atoms with Gasteiger partial charge in [-0.3, -0.25) is 0 Å². The number of hydrogen-bond acceptors (Lipinski definition) is 1. The third kappa shape index (κ3) is 3.46. The topological polar surface area (TPSA) is 12.0 Å². The van der Waals surface area contributed by atoms with Crippen molar-refractivity contribution in [3.8, 4) is 0 Å². The van der Waals surface area contributed by atoms with Crippen molar-refractivity contribution in [2.24, 2.45) is 0 Å². The van der Waals surface area contributed by atoms with E-state index in [1.54, 1.807) is 6.07 Å². The van der Waals surface area contributed by atoms with Gasteiger partial charge in [0.05, 0.1) is 5.02 Å². The summed E-state index contributed by atoms with van der Waals surface area (Å²) in [6.07, 6.45) is 3.24. The summed E-state index contributed by atoms with van der Waals surface area (Å²) >= 11 is 5.99. The van der Waals surface area contributed by atoms with Crippen molar-refractivity contribution in [2.45, 2.75) is 39.2 Å². The normalized spacial score (nSPS) is 12.8. The molecule has 0 aliphatic carbocycles. The zero-order valence-electron chi connectivity index (χ0n) is 9.89. The molecule has 1 unspecified atom stereocenters. The average molecular weight is 244 g/mol. The van der Waals surface area contributed by atoms with E-state index >= 15 is 0 Å². The van der Waals surface area contributed by atoms with Gasteiger partial charge in [-0.05, 0) is 24.6 Å². The highest BCUT2D eigenvalue weighted by atomic mass is 35.5. The maximum Gasteiger partial charge on any atom is 0.142 e. The van der Waals surface area contributed by atoms with Crippen LogP contribution in [-0.4, -0.2) is 6.54 Å². The van der Waals surface area contributed by atoms with Gasteiger partial charge in [-0.2, -0.15) is 0 Å². The molecule has 0 aliphatic heterocycles. The Bertz CT molecular complexity index is 328. The Kier molecular flexibility index (Phi) is 5.78. The van der Waals surface area contributed by atoms with Crippen LogP contribution in [0.15, 0.2) is 18.2 Å². The molecule has 1 atom stereocenters. The van der Waals surface area contributed by atoms with Crippen molar-refractivity contribution in [2.75, 3.05) is 6.54 Å². The van der Waals surface area contributed by atoms with E-state index in [4.69, 9.17) is 11.6 Å². The van der Waals surface area contributed by atoms with Gasteiger partial charge in [0.2, 0.25) is 0 Å². The predicted molar refractivity (Wildman–Crippen MR) is 67.4 cm³/mol. The number of hydrogen-bond donors (Lipinski definition) is 1. The van der Waals surface area contributed by atoms with Crippen LogP contribution in [0.3, 0.4) is 0 Å². The van der Waals surface area contributed by atoms with Crippen LogP contribution in [0.1, 0.15) is 44.7 Å². The Labute approximate surface area is 102 Å². The molecule has 0 aliphatic rings. The highest BCUT2D eigenvalue weighted by Crippen LogP contribution is 2.28. The van der Waals surface area contributed by atoms with E-state index in [9.17, 15) is 4.39 Å². The zero-order valence-corrected chi connectivity index (χ0v) is 10.6. The summed E-state index contributed by atoms with van der Waals surface area (Å²) in [4.78, 5) is 0. The zero-order chi connectivity index (χ0) is 12.0. The maximum absolute atomic E-state index is 13.3. The van der Waals surface area contributed by atoms with Gasteiger partial charge in [-0.1, -0.05) is 50.4 Å². The van der Waals surface area contributed by atoms with Gasteiger partial charge in [0.1, 0.15) is 5.82 Å². The fourth-order valence-electron chi connectivity index (χ4n) is 1.81. The molecule has 0 spiro atoms. The van der Waals surface area contributed by atoms with Crippen molar-refractivity contribution in [1.29, 1.82) is 0 Å². The van der Waals surface area contributed by atoms with Gasteiger partial charge in [0.15, 0.2) is 0 Å².